The molecule has 0 aliphatic carbocycles. The molecule has 1 amide bonds. The number of carbonyl (C=O) groups excluding carboxylic acids is 1. The molecular formula is C20H26N2O3. The van der Waals surface area contributed by atoms with Crippen LogP contribution in [0.25, 0.3) is 0 Å². The number of nitrogens with one attached hydrogen (secondary N) is 1. The molecule has 2 aromatic carbocycles. The van der Waals surface area contributed by atoms with Crippen molar-refractivity contribution >= 4 is 11.6 Å². The van der Waals surface area contributed by atoms with Gasteiger partial charge in [0.2, 0.25) is 5.91 Å². The predicted octanol–water partition coefficient (Wildman–Crippen LogP) is 3.08. The number of nitrogens with zero attached hydrogens (tertiary/aromatic N) is 1. The van der Waals surface area contributed by atoms with Crippen LogP contribution in [0, 0.1) is 0 Å². The van der Waals surface area contributed by atoms with Crippen LogP contribution in [0.3, 0.4) is 0 Å². The van der Waals surface area contributed by atoms with Gasteiger partial charge in [-0.15, -0.1) is 0 Å². The van der Waals surface area contributed by atoms with Crippen LogP contribution in [0.15, 0.2) is 54.6 Å². The number of rotatable bonds is 9. The fourth-order valence-corrected chi connectivity index (χ4v) is 2.39. The lowest BCUT2D eigenvalue weighted by molar-refractivity contribution is -0.118. The summed E-state index contributed by atoms with van der Waals surface area (Å²) in [5, 5.41) is 12.9. The molecule has 0 saturated heterocycles. The standard InChI is InChI=1S/C20H26N2O3/c1-22(2)13-6-14-25-18-11-9-17(10-12-18)21-20(24)15-19(23)16-7-4-3-5-8-16/h3-5,7-12,19,23H,6,13-15H2,1-2H3,(H,21,24). The van der Waals surface area contributed by atoms with Crippen molar-refractivity contribution in [2.75, 3.05) is 32.6 Å². The lowest BCUT2D eigenvalue weighted by Gasteiger charge is -2.12. The molecule has 134 valence electrons. The number of benzene rings is 2. The van der Waals surface area contributed by atoms with Gasteiger partial charge in [-0.2, -0.15) is 0 Å². The van der Waals surface area contributed by atoms with E-state index in [4.69, 9.17) is 4.74 Å². The van der Waals surface area contributed by atoms with Crippen LogP contribution in [0.4, 0.5) is 5.69 Å². The summed E-state index contributed by atoms with van der Waals surface area (Å²) in [5.74, 6) is 0.553. The SMILES string of the molecule is CN(C)CCCOc1ccc(NC(=O)CC(O)c2ccccc2)cc1. The van der Waals surface area contributed by atoms with Gasteiger partial charge in [0.05, 0.1) is 19.1 Å². The number of aliphatic hydroxyl groups excluding tert-OH is 1. The smallest absolute Gasteiger partial charge is 0.227 e. The molecule has 0 aliphatic rings. The van der Waals surface area contributed by atoms with Gasteiger partial charge < -0.3 is 20.1 Å². The zero-order valence-electron chi connectivity index (χ0n) is 14.8. The molecule has 1 unspecified atom stereocenters. The van der Waals surface area contributed by atoms with Crippen LogP contribution < -0.4 is 10.1 Å². The van der Waals surface area contributed by atoms with E-state index in [1.165, 1.54) is 0 Å². The van der Waals surface area contributed by atoms with Gasteiger partial charge in [0.15, 0.2) is 0 Å². The second-order valence-corrected chi connectivity index (χ2v) is 6.21. The Bertz CT molecular complexity index is 642. The van der Waals surface area contributed by atoms with E-state index in [0.717, 1.165) is 24.3 Å². The second-order valence-electron chi connectivity index (χ2n) is 6.21. The summed E-state index contributed by atoms with van der Waals surface area (Å²) in [7, 11) is 4.07. The first-order chi connectivity index (χ1) is 12.0. The molecule has 0 aromatic heterocycles. The minimum Gasteiger partial charge on any atom is -0.494 e. The van der Waals surface area contributed by atoms with Crippen LogP contribution in [0.5, 0.6) is 5.75 Å². The van der Waals surface area contributed by atoms with E-state index < -0.39 is 6.10 Å². The van der Waals surface area contributed by atoms with Gasteiger partial charge in [-0.3, -0.25) is 4.79 Å². The Balaban J connectivity index is 1.77. The van der Waals surface area contributed by atoms with Crippen molar-refractivity contribution in [1.29, 1.82) is 0 Å². The number of anilines is 1. The Morgan fingerprint density at radius 3 is 2.44 bits per heavy atom. The van der Waals surface area contributed by atoms with Crippen molar-refractivity contribution in [2.45, 2.75) is 18.9 Å². The third-order valence-corrected chi connectivity index (χ3v) is 3.72. The summed E-state index contributed by atoms with van der Waals surface area (Å²) >= 11 is 0. The number of carbonyl (C=O) groups is 1. The maximum Gasteiger partial charge on any atom is 0.227 e. The molecule has 0 fully saturated rings. The average molecular weight is 342 g/mol. The fraction of sp³-hybridized carbons (Fsp3) is 0.350. The Kier molecular flexibility index (Phi) is 7.44. The molecule has 0 heterocycles. The van der Waals surface area contributed by atoms with Crippen LogP contribution in [-0.2, 0) is 4.79 Å². The summed E-state index contributed by atoms with van der Waals surface area (Å²) in [6.45, 7) is 1.64. The van der Waals surface area contributed by atoms with Gasteiger partial charge in [-0.25, -0.2) is 0 Å². The maximum atomic E-state index is 12.0. The monoisotopic (exact) mass is 342 g/mol. The molecule has 0 spiro atoms. The van der Waals surface area contributed by atoms with E-state index in [1.807, 2.05) is 44.4 Å². The average Bonchev–Trinajstić information content (AvgIpc) is 2.60. The van der Waals surface area contributed by atoms with Crippen molar-refractivity contribution < 1.29 is 14.6 Å². The van der Waals surface area contributed by atoms with Gasteiger partial charge in [0, 0.05) is 12.2 Å². The van der Waals surface area contributed by atoms with E-state index in [9.17, 15) is 9.90 Å². The Hall–Kier alpha value is -2.37. The highest BCUT2D eigenvalue weighted by Crippen LogP contribution is 2.19. The summed E-state index contributed by atoms with van der Waals surface area (Å²) in [6, 6.07) is 16.4. The topological polar surface area (TPSA) is 61.8 Å². The van der Waals surface area contributed by atoms with Gasteiger partial charge in [-0.1, -0.05) is 30.3 Å². The molecule has 2 N–H and O–H groups in total. The van der Waals surface area contributed by atoms with E-state index in [0.29, 0.717) is 12.3 Å². The Labute approximate surface area is 149 Å². The van der Waals surface area contributed by atoms with Crippen molar-refractivity contribution in [2.24, 2.45) is 0 Å². The first kappa shape index (κ1) is 19.0. The normalized spacial score (nSPS) is 12.0. The molecule has 25 heavy (non-hydrogen) atoms. The lowest BCUT2D eigenvalue weighted by Crippen LogP contribution is -2.16. The second kappa shape index (κ2) is 9.81. The highest BCUT2D eigenvalue weighted by atomic mass is 16.5. The molecule has 2 aromatic rings. The zero-order chi connectivity index (χ0) is 18.1. The van der Waals surface area contributed by atoms with Crippen molar-refractivity contribution in [3.05, 3.63) is 60.2 Å². The van der Waals surface area contributed by atoms with Gasteiger partial charge in [-0.05, 0) is 50.3 Å². The summed E-state index contributed by atoms with van der Waals surface area (Å²) < 4.78 is 5.66. The number of aliphatic hydroxyl groups is 1. The highest BCUT2D eigenvalue weighted by molar-refractivity contribution is 5.91. The van der Waals surface area contributed by atoms with Crippen LogP contribution in [0.2, 0.25) is 0 Å². The molecule has 0 aliphatic heterocycles. The van der Waals surface area contributed by atoms with E-state index in [1.54, 1.807) is 24.3 Å². The fourth-order valence-electron chi connectivity index (χ4n) is 2.39. The zero-order valence-corrected chi connectivity index (χ0v) is 14.8. The van der Waals surface area contributed by atoms with E-state index >= 15 is 0 Å². The van der Waals surface area contributed by atoms with Crippen LogP contribution in [0.1, 0.15) is 24.5 Å². The number of hydrogen-bond acceptors (Lipinski definition) is 4. The predicted molar refractivity (Wildman–Crippen MR) is 99.8 cm³/mol. The Morgan fingerprint density at radius 2 is 1.80 bits per heavy atom. The summed E-state index contributed by atoms with van der Waals surface area (Å²) in [6.07, 6.45) is 0.177. The largest absolute Gasteiger partial charge is 0.494 e. The van der Waals surface area contributed by atoms with Gasteiger partial charge in [0.25, 0.3) is 0 Å². The summed E-state index contributed by atoms with van der Waals surface area (Å²) in [5.41, 5.74) is 1.42. The number of ether oxygens (including phenoxy) is 1. The van der Waals surface area contributed by atoms with Crippen molar-refractivity contribution in [1.82, 2.24) is 4.90 Å². The molecule has 0 bridgehead atoms. The van der Waals surface area contributed by atoms with Crippen molar-refractivity contribution in [3.63, 3.8) is 0 Å². The molecule has 5 nitrogen and oxygen atoms in total. The molecule has 5 heteroatoms. The molecule has 0 saturated carbocycles. The molecular weight excluding hydrogens is 316 g/mol. The summed E-state index contributed by atoms with van der Waals surface area (Å²) in [4.78, 5) is 14.2. The first-order valence-corrected chi connectivity index (χ1v) is 8.45. The number of amides is 1. The molecule has 0 radical (unpaired) electrons. The number of hydrogen-bond donors (Lipinski definition) is 2. The molecule has 1 atom stereocenters. The van der Waals surface area contributed by atoms with Crippen LogP contribution in [-0.4, -0.2) is 43.2 Å². The third-order valence-electron chi connectivity index (χ3n) is 3.72. The van der Waals surface area contributed by atoms with E-state index in [2.05, 4.69) is 10.2 Å². The minimum absolute atomic E-state index is 0.0206. The highest BCUT2D eigenvalue weighted by Gasteiger charge is 2.12. The maximum absolute atomic E-state index is 12.0. The van der Waals surface area contributed by atoms with Crippen molar-refractivity contribution in [3.8, 4) is 5.75 Å². The molecule has 2 rings (SSSR count). The third kappa shape index (κ3) is 6.95. The van der Waals surface area contributed by atoms with Crippen LogP contribution >= 0.6 is 0 Å². The quantitative estimate of drug-likeness (QED) is 0.688. The minimum atomic E-state index is -0.805. The first-order valence-electron chi connectivity index (χ1n) is 8.45. The van der Waals surface area contributed by atoms with Gasteiger partial charge in [0.1, 0.15) is 5.75 Å². The lowest BCUT2D eigenvalue weighted by atomic mass is 10.1. The van der Waals surface area contributed by atoms with Gasteiger partial charge >= 0.3 is 0 Å². The van der Waals surface area contributed by atoms with E-state index in [-0.39, 0.29) is 12.3 Å². The Morgan fingerprint density at radius 1 is 1.12 bits per heavy atom.